The first-order chi connectivity index (χ1) is 7.16. The summed E-state index contributed by atoms with van der Waals surface area (Å²) in [7, 11) is 0. The maximum absolute atomic E-state index is 5.80. The Morgan fingerprint density at radius 1 is 1.53 bits per heavy atom. The van der Waals surface area contributed by atoms with Crippen molar-refractivity contribution in [2.75, 3.05) is 5.73 Å². The SMILES string of the molecule is Cc1cn(C(C)Cn2ccnc2)c(N)n1. The highest BCUT2D eigenvalue weighted by Gasteiger charge is 2.09. The molecule has 5 nitrogen and oxygen atoms in total. The van der Waals surface area contributed by atoms with Crippen LogP contribution in [0.3, 0.4) is 0 Å². The molecule has 2 aromatic rings. The summed E-state index contributed by atoms with van der Waals surface area (Å²) in [4.78, 5) is 8.18. The summed E-state index contributed by atoms with van der Waals surface area (Å²) in [6, 6.07) is 0.278. The molecule has 2 heterocycles. The molecule has 2 aromatic heterocycles. The summed E-state index contributed by atoms with van der Waals surface area (Å²) in [6.07, 6.45) is 7.49. The van der Waals surface area contributed by atoms with E-state index in [1.54, 1.807) is 12.5 Å². The standard InChI is InChI=1S/C10H15N5/c1-8-5-15(10(11)13-8)9(2)6-14-4-3-12-7-14/h3-5,7,9H,6H2,1-2H3,(H2,11,13). The van der Waals surface area contributed by atoms with Gasteiger partial charge in [-0.1, -0.05) is 0 Å². The maximum Gasteiger partial charge on any atom is 0.200 e. The number of nitrogen functional groups attached to an aromatic ring is 1. The molecule has 1 unspecified atom stereocenters. The predicted octanol–water partition coefficient (Wildman–Crippen LogP) is 1.23. The minimum Gasteiger partial charge on any atom is -0.369 e. The lowest BCUT2D eigenvalue weighted by Crippen LogP contribution is -2.13. The highest BCUT2D eigenvalue weighted by atomic mass is 15.2. The Labute approximate surface area is 88.6 Å². The third kappa shape index (κ3) is 2.01. The molecule has 2 N–H and O–H groups in total. The number of aromatic nitrogens is 4. The van der Waals surface area contributed by atoms with E-state index in [0.717, 1.165) is 12.2 Å². The molecule has 0 radical (unpaired) electrons. The van der Waals surface area contributed by atoms with Crippen molar-refractivity contribution in [3.05, 3.63) is 30.6 Å². The molecule has 80 valence electrons. The molecule has 0 saturated heterocycles. The Kier molecular flexibility index (Phi) is 2.45. The molecule has 15 heavy (non-hydrogen) atoms. The first-order valence-corrected chi connectivity index (χ1v) is 4.93. The van der Waals surface area contributed by atoms with Crippen LogP contribution in [0.15, 0.2) is 24.9 Å². The molecular formula is C10H15N5. The lowest BCUT2D eigenvalue weighted by atomic mass is 10.3. The first kappa shape index (κ1) is 9.76. The Hall–Kier alpha value is -1.78. The largest absolute Gasteiger partial charge is 0.369 e. The van der Waals surface area contributed by atoms with Gasteiger partial charge in [-0.25, -0.2) is 9.97 Å². The van der Waals surface area contributed by atoms with Crippen LogP contribution < -0.4 is 5.73 Å². The average molecular weight is 205 g/mol. The van der Waals surface area contributed by atoms with Gasteiger partial charge in [-0.15, -0.1) is 0 Å². The Morgan fingerprint density at radius 3 is 2.87 bits per heavy atom. The minimum absolute atomic E-state index is 0.278. The highest BCUT2D eigenvalue weighted by Crippen LogP contribution is 2.14. The van der Waals surface area contributed by atoms with Crippen molar-refractivity contribution in [3.63, 3.8) is 0 Å². The molecule has 0 amide bonds. The lowest BCUT2D eigenvalue weighted by molar-refractivity contribution is 0.469. The van der Waals surface area contributed by atoms with E-state index in [-0.39, 0.29) is 6.04 Å². The first-order valence-electron chi connectivity index (χ1n) is 4.93. The normalized spacial score (nSPS) is 12.9. The van der Waals surface area contributed by atoms with Gasteiger partial charge in [-0.2, -0.15) is 0 Å². The van der Waals surface area contributed by atoms with E-state index in [2.05, 4.69) is 16.9 Å². The molecular weight excluding hydrogens is 190 g/mol. The number of aryl methyl sites for hydroxylation is 1. The minimum atomic E-state index is 0.278. The quantitative estimate of drug-likeness (QED) is 0.819. The summed E-state index contributed by atoms with van der Waals surface area (Å²) in [5.74, 6) is 0.570. The Morgan fingerprint density at radius 2 is 2.33 bits per heavy atom. The average Bonchev–Trinajstić information content (AvgIpc) is 2.75. The van der Waals surface area contributed by atoms with E-state index in [0.29, 0.717) is 5.95 Å². The maximum atomic E-state index is 5.80. The van der Waals surface area contributed by atoms with E-state index in [4.69, 9.17) is 5.73 Å². The summed E-state index contributed by atoms with van der Waals surface area (Å²) >= 11 is 0. The number of hydrogen-bond donors (Lipinski definition) is 1. The van der Waals surface area contributed by atoms with Crippen molar-refractivity contribution in [2.45, 2.75) is 26.4 Å². The molecule has 5 heteroatoms. The van der Waals surface area contributed by atoms with Gasteiger partial charge in [-0.05, 0) is 13.8 Å². The number of rotatable bonds is 3. The van der Waals surface area contributed by atoms with Crippen LogP contribution in [0.4, 0.5) is 5.95 Å². The summed E-state index contributed by atoms with van der Waals surface area (Å²) in [5.41, 5.74) is 6.75. The fraction of sp³-hybridized carbons (Fsp3) is 0.400. The molecule has 0 spiro atoms. The van der Waals surface area contributed by atoms with Gasteiger partial charge in [-0.3, -0.25) is 0 Å². The number of hydrogen-bond acceptors (Lipinski definition) is 3. The molecule has 0 aliphatic rings. The highest BCUT2D eigenvalue weighted by molar-refractivity contribution is 5.22. The van der Waals surface area contributed by atoms with Crippen molar-refractivity contribution in [2.24, 2.45) is 0 Å². The zero-order valence-corrected chi connectivity index (χ0v) is 8.96. The van der Waals surface area contributed by atoms with Crippen molar-refractivity contribution >= 4 is 5.95 Å². The second-order valence-electron chi connectivity index (χ2n) is 3.76. The molecule has 1 atom stereocenters. The van der Waals surface area contributed by atoms with E-state index < -0.39 is 0 Å². The van der Waals surface area contributed by atoms with Crippen LogP contribution in [0.2, 0.25) is 0 Å². The Balaban J connectivity index is 2.14. The van der Waals surface area contributed by atoms with Gasteiger partial charge in [0.25, 0.3) is 0 Å². The van der Waals surface area contributed by atoms with Crippen molar-refractivity contribution in [1.82, 2.24) is 19.1 Å². The molecule has 0 aliphatic carbocycles. The lowest BCUT2D eigenvalue weighted by Gasteiger charge is -2.14. The van der Waals surface area contributed by atoms with E-state index in [9.17, 15) is 0 Å². The zero-order chi connectivity index (χ0) is 10.8. The Bertz CT molecular complexity index is 429. The van der Waals surface area contributed by atoms with Gasteiger partial charge in [0, 0.05) is 25.1 Å². The summed E-state index contributed by atoms with van der Waals surface area (Å²) in [6.45, 7) is 4.90. The topological polar surface area (TPSA) is 61.7 Å². The molecule has 0 aromatic carbocycles. The van der Waals surface area contributed by atoms with Gasteiger partial charge in [0.1, 0.15) is 0 Å². The summed E-state index contributed by atoms with van der Waals surface area (Å²) < 4.78 is 4.01. The van der Waals surface area contributed by atoms with Crippen molar-refractivity contribution in [1.29, 1.82) is 0 Å². The molecule has 0 fully saturated rings. The van der Waals surface area contributed by atoms with Gasteiger partial charge >= 0.3 is 0 Å². The molecule has 2 rings (SSSR count). The van der Waals surface area contributed by atoms with Gasteiger partial charge in [0.05, 0.1) is 18.1 Å². The summed E-state index contributed by atoms with van der Waals surface area (Å²) in [5, 5.41) is 0. The zero-order valence-electron chi connectivity index (χ0n) is 8.96. The third-order valence-corrected chi connectivity index (χ3v) is 2.39. The van der Waals surface area contributed by atoms with Gasteiger partial charge in [0.15, 0.2) is 0 Å². The van der Waals surface area contributed by atoms with Crippen molar-refractivity contribution < 1.29 is 0 Å². The van der Waals surface area contributed by atoms with Crippen LogP contribution in [0.5, 0.6) is 0 Å². The molecule has 0 bridgehead atoms. The van der Waals surface area contributed by atoms with Crippen LogP contribution in [0, 0.1) is 6.92 Å². The second-order valence-corrected chi connectivity index (χ2v) is 3.76. The van der Waals surface area contributed by atoms with E-state index in [1.807, 2.05) is 28.5 Å². The van der Waals surface area contributed by atoms with E-state index in [1.165, 1.54) is 0 Å². The van der Waals surface area contributed by atoms with Gasteiger partial charge in [0.2, 0.25) is 5.95 Å². The van der Waals surface area contributed by atoms with Crippen molar-refractivity contribution in [3.8, 4) is 0 Å². The van der Waals surface area contributed by atoms with E-state index >= 15 is 0 Å². The fourth-order valence-electron chi connectivity index (χ4n) is 1.68. The van der Waals surface area contributed by atoms with Gasteiger partial charge < -0.3 is 14.9 Å². The van der Waals surface area contributed by atoms with Crippen LogP contribution in [0.1, 0.15) is 18.7 Å². The van der Waals surface area contributed by atoms with Crippen LogP contribution in [-0.4, -0.2) is 19.1 Å². The number of imidazole rings is 2. The number of anilines is 1. The number of nitrogens with zero attached hydrogens (tertiary/aromatic N) is 4. The van der Waals surface area contributed by atoms with Crippen LogP contribution in [-0.2, 0) is 6.54 Å². The number of nitrogens with two attached hydrogens (primary N) is 1. The molecule has 0 saturated carbocycles. The molecule has 0 aliphatic heterocycles. The second kappa shape index (κ2) is 3.76. The predicted molar refractivity (Wildman–Crippen MR) is 58.3 cm³/mol. The monoisotopic (exact) mass is 205 g/mol. The smallest absolute Gasteiger partial charge is 0.200 e. The van der Waals surface area contributed by atoms with Crippen LogP contribution >= 0.6 is 0 Å². The third-order valence-electron chi connectivity index (χ3n) is 2.39. The van der Waals surface area contributed by atoms with Crippen LogP contribution in [0.25, 0.3) is 0 Å². The fourth-order valence-corrected chi connectivity index (χ4v) is 1.68.